The largest absolute Gasteiger partial charge is 0.462 e. The third-order valence-corrected chi connectivity index (χ3v) is 15.2. The van der Waals surface area contributed by atoms with Gasteiger partial charge in [0, 0.05) is 48.8 Å². The van der Waals surface area contributed by atoms with Gasteiger partial charge in [0.1, 0.15) is 55.4 Å². The van der Waals surface area contributed by atoms with Crippen LogP contribution in [0.25, 0.3) is 0 Å². The minimum atomic E-state index is -1.99. The molecule has 94 heavy (non-hydrogen) atoms. The van der Waals surface area contributed by atoms with Crippen LogP contribution in [0.1, 0.15) is 68.0 Å². The highest BCUT2D eigenvalue weighted by atomic mass is 16.8. The van der Waals surface area contributed by atoms with E-state index < -0.39 is 142 Å². The van der Waals surface area contributed by atoms with E-state index in [0.717, 1.165) is 68.0 Å². The van der Waals surface area contributed by atoms with E-state index in [1.54, 1.807) is 0 Å². The third kappa shape index (κ3) is 22.4. The zero-order chi connectivity index (χ0) is 66.6. The summed E-state index contributed by atoms with van der Waals surface area (Å²) in [4.78, 5) is 66.1. The lowest BCUT2D eigenvalue weighted by molar-refractivity contribution is -0.341. The Hall–Kier alpha value is -7.81. The Morgan fingerprint density at radius 3 is 0.904 bits per heavy atom. The van der Waals surface area contributed by atoms with Crippen molar-refractivity contribution in [2.24, 2.45) is 0 Å². The molecule has 0 saturated carbocycles. The van der Waals surface area contributed by atoms with Gasteiger partial charge in [-0.1, -0.05) is 182 Å². The summed E-state index contributed by atoms with van der Waals surface area (Å²) in [6.07, 6.45) is -20.1. The summed E-state index contributed by atoms with van der Waals surface area (Å²) in [5.74, 6) is -4.66. The van der Waals surface area contributed by atoms with Crippen molar-refractivity contribution < 1.29 is 104 Å². The van der Waals surface area contributed by atoms with Crippen molar-refractivity contribution in [3.63, 3.8) is 0 Å². The van der Waals surface area contributed by atoms with E-state index in [9.17, 15) is 24.0 Å². The predicted octanol–water partition coefficient (Wildman–Crippen LogP) is 8.89. The summed E-state index contributed by atoms with van der Waals surface area (Å²) in [6, 6.07) is 57.0. The Labute approximate surface area is 548 Å². The number of rotatable bonds is 36. The van der Waals surface area contributed by atoms with Crippen molar-refractivity contribution in [3.05, 3.63) is 215 Å². The number of benzene rings is 6. The molecule has 0 spiro atoms. The summed E-state index contributed by atoms with van der Waals surface area (Å²) < 4.78 is 110. The molecule has 2 aliphatic rings. The zero-order valence-corrected chi connectivity index (χ0v) is 53.8. The Morgan fingerprint density at radius 2 is 0.617 bits per heavy atom. The Kier molecular flexibility index (Phi) is 29.1. The smallest absolute Gasteiger partial charge is 0.303 e. The molecule has 504 valence electrons. The van der Waals surface area contributed by atoms with Gasteiger partial charge in [0.25, 0.3) is 0 Å². The van der Waals surface area contributed by atoms with Gasteiger partial charge in [-0.15, -0.1) is 0 Å². The number of esters is 5. The van der Waals surface area contributed by atoms with E-state index in [0.29, 0.717) is 0 Å². The fourth-order valence-corrected chi connectivity index (χ4v) is 10.9. The van der Waals surface area contributed by atoms with Crippen LogP contribution in [0.15, 0.2) is 182 Å². The number of carbonyl (C=O) groups excluding carboxylic acids is 5. The molecule has 0 aliphatic carbocycles. The number of hydrogen-bond donors (Lipinski definition) is 0. The van der Waals surface area contributed by atoms with Crippen LogP contribution in [-0.4, -0.2) is 156 Å². The fraction of sp³-hybridized carbons (Fsp3) is 0.431. The molecular formula is C72H84O22. The highest BCUT2D eigenvalue weighted by Gasteiger charge is 2.53. The van der Waals surface area contributed by atoms with E-state index in [4.69, 9.17) is 80.5 Å². The van der Waals surface area contributed by atoms with Crippen molar-refractivity contribution >= 4 is 29.8 Å². The van der Waals surface area contributed by atoms with Gasteiger partial charge in [-0.3, -0.25) is 24.0 Å². The summed E-state index contributed by atoms with van der Waals surface area (Å²) in [5.41, 5.74) is 5.00. The van der Waals surface area contributed by atoms with E-state index in [2.05, 4.69) is 0 Å². The number of methoxy groups -OCH3 is 2. The number of hydrogen-bond acceptors (Lipinski definition) is 22. The molecule has 0 N–H and O–H groups in total. The van der Waals surface area contributed by atoms with Gasteiger partial charge >= 0.3 is 29.8 Å². The molecule has 14 atom stereocenters. The fourth-order valence-electron chi connectivity index (χ4n) is 10.9. The molecule has 2 heterocycles. The number of carbonyl (C=O) groups is 5. The first kappa shape index (κ1) is 72.0. The van der Waals surface area contributed by atoms with Crippen LogP contribution in [0.2, 0.25) is 0 Å². The average molecular weight is 1300 g/mol. The lowest BCUT2D eigenvalue weighted by Crippen LogP contribution is -2.63. The molecule has 0 amide bonds. The second-order valence-electron chi connectivity index (χ2n) is 22.3. The quantitative estimate of drug-likeness (QED) is 0.0202. The predicted molar refractivity (Wildman–Crippen MR) is 336 cm³/mol. The van der Waals surface area contributed by atoms with Crippen LogP contribution >= 0.6 is 0 Å². The molecule has 22 nitrogen and oxygen atoms in total. The minimum absolute atomic E-state index is 0.0434. The van der Waals surface area contributed by atoms with Crippen molar-refractivity contribution in [3.8, 4) is 0 Å². The molecule has 6 aromatic carbocycles. The molecular weight excluding hydrogens is 1220 g/mol. The first-order chi connectivity index (χ1) is 45.7. The SMILES string of the molecule is CO[C@H]1O[C@H](COC(OC[C@H]2O[C@H](OC)[C@H](OCc3ccccc3)[C@@H](OCc3ccccc3)[C@@H]2OCc2ccccc2)[C@@H](OC(C)=O)[C@H](OC(C)=O)[C@H](OC(C)=O)[C@H](COC(C)=O)OC(C)=O)[C@@H](OCc2ccccc2)[C@H](OCc2ccccc2)[C@H]1OCc1ccccc1. The van der Waals surface area contributed by atoms with E-state index in [-0.39, 0.29) is 39.6 Å². The van der Waals surface area contributed by atoms with E-state index >= 15 is 0 Å². The van der Waals surface area contributed by atoms with Gasteiger partial charge in [0.15, 0.2) is 43.3 Å². The van der Waals surface area contributed by atoms with Crippen LogP contribution in [0, 0.1) is 0 Å². The third-order valence-electron chi connectivity index (χ3n) is 15.2. The molecule has 2 fully saturated rings. The molecule has 2 aliphatic heterocycles. The van der Waals surface area contributed by atoms with Gasteiger partial charge in [-0.25, -0.2) is 0 Å². The minimum Gasteiger partial charge on any atom is -0.462 e. The first-order valence-corrected chi connectivity index (χ1v) is 31.0. The number of ether oxygens (including phenoxy) is 17. The van der Waals surface area contributed by atoms with Crippen LogP contribution in [-0.2, 0) is 144 Å². The molecule has 8 rings (SSSR count). The van der Waals surface area contributed by atoms with Gasteiger partial charge in [-0.2, -0.15) is 0 Å². The van der Waals surface area contributed by atoms with E-state index in [1.807, 2.05) is 182 Å². The van der Waals surface area contributed by atoms with Crippen LogP contribution in [0.5, 0.6) is 0 Å². The maximum atomic E-state index is 13.8. The Bertz CT molecular complexity index is 3020. The van der Waals surface area contributed by atoms with Gasteiger partial charge in [-0.05, 0) is 33.4 Å². The van der Waals surface area contributed by atoms with Crippen molar-refractivity contribution in [2.75, 3.05) is 34.0 Å². The van der Waals surface area contributed by atoms with Crippen LogP contribution in [0.4, 0.5) is 0 Å². The molecule has 0 radical (unpaired) electrons. The highest BCUT2D eigenvalue weighted by Crippen LogP contribution is 2.35. The Morgan fingerprint density at radius 1 is 0.340 bits per heavy atom. The second-order valence-corrected chi connectivity index (χ2v) is 22.3. The van der Waals surface area contributed by atoms with Gasteiger partial charge < -0.3 is 80.5 Å². The molecule has 2 saturated heterocycles. The average Bonchev–Trinajstić information content (AvgIpc) is 0.806. The lowest BCUT2D eigenvalue weighted by atomic mass is 9.97. The molecule has 0 unspecified atom stereocenters. The summed E-state index contributed by atoms with van der Waals surface area (Å²) in [6.45, 7) is 4.11. The monoisotopic (exact) mass is 1300 g/mol. The molecule has 22 heteroatoms. The maximum absolute atomic E-state index is 13.8. The molecule has 6 aromatic rings. The molecule has 0 bridgehead atoms. The van der Waals surface area contributed by atoms with Crippen molar-refractivity contribution in [2.45, 2.75) is 166 Å². The summed E-state index contributed by atoms with van der Waals surface area (Å²) in [5, 5.41) is 0. The standard InChI is InChI=1S/C72H84O22/c1-47(73)80-44-60(89-48(2)74)63(90-49(3)75)66(91-50(4)76)69(92-51(5)77)72(87-45-58-61(81-38-52-26-14-8-15-27-52)64(83-40-54-30-18-10-19-31-54)67(70(78-6)93-58)85-42-56-34-22-12-23-35-56)88-46-59-62(82-39-53-28-16-9-17-29-53)65(84-41-55-32-20-11-21-33-55)68(71(79-7)94-59)86-43-57-36-24-13-25-37-57/h8-37,58-72H,38-46H2,1-7H3/t58-,59-,60+,61-,62-,63-,64+,65+,66-,67-,68-,69+,70+,71+/m1/s1. The maximum Gasteiger partial charge on any atom is 0.303 e. The van der Waals surface area contributed by atoms with Crippen LogP contribution in [0.3, 0.4) is 0 Å². The summed E-state index contributed by atoms with van der Waals surface area (Å²) >= 11 is 0. The van der Waals surface area contributed by atoms with Gasteiger partial charge in [0.05, 0.1) is 52.9 Å². The normalized spacial score (nSPS) is 22.7. The topological polar surface area (TPSA) is 242 Å². The van der Waals surface area contributed by atoms with Crippen LogP contribution < -0.4 is 0 Å². The van der Waals surface area contributed by atoms with E-state index in [1.165, 1.54) is 14.2 Å². The Balaban J connectivity index is 1.24. The van der Waals surface area contributed by atoms with Crippen molar-refractivity contribution in [1.82, 2.24) is 0 Å². The second kappa shape index (κ2) is 37.9. The summed E-state index contributed by atoms with van der Waals surface area (Å²) in [7, 11) is 2.92. The van der Waals surface area contributed by atoms with Gasteiger partial charge in [0.2, 0.25) is 0 Å². The first-order valence-electron chi connectivity index (χ1n) is 31.0. The zero-order valence-electron chi connectivity index (χ0n) is 53.8. The van der Waals surface area contributed by atoms with Crippen molar-refractivity contribution in [1.29, 1.82) is 0 Å². The molecule has 0 aromatic heterocycles. The highest BCUT2D eigenvalue weighted by molar-refractivity contribution is 5.69. The lowest BCUT2D eigenvalue weighted by Gasteiger charge is -2.46.